The second-order valence-corrected chi connectivity index (χ2v) is 6.22. The third-order valence-electron chi connectivity index (χ3n) is 4.00. The molecule has 0 amide bonds. The van der Waals surface area contributed by atoms with Crippen molar-refractivity contribution in [1.82, 2.24) is 11.0 Å². The van der Waals surface area contributed by atoms with E-state index in [0.29, 0.717) is 13.1 Å². The summed E-state index contributed by atoms with van der Waals surface area (Å²) in [4.78, 5) is 8.55. The standard InChI is InChI=1S/C18H38N4O2/c1-3-5-7-9-11-13-15-19-17(21-23)18(22-24)20-16-14-12-10-8-6-4-2/h23-24H,3-16H2,1-2H3,(H,19,21)(H,20,22). The maximum atomic E-state index is 9.19. The van der Waals surface area contributed by atoms with E-state index in [9.17, 15) is 10.4 Å². The highest BCUT2D eigenvalue weighted by Gasteiger charge is 2.06. The van der Waals surface area contributed by atoms with E-state index in [1.54, 1.807) is 0 Å². The SMILES string of the molecule is CCCCCCCCN=C(NO)C(=NCCCCCCCC)NO. The molecule has 0 fully saturated rings. The Bertz CT molecular complexity index is 301. The Morgan fingerprint density at radius 2 is 0.917 bits per heavy atom. The topological polar surface area (TPSA) is 89.2 Å². The second-order valence-electron chi connectivity index (χ2n) is 6.22. The van der Waals surface area contributed by atoms with E-state index in [4.69, 9.17) is 0 Å². The van der Waals surface area contributed by atoms with Crippen molar-refractivity contribution in [2.75, 3.05) is 13.1 Å². The molecule has 0 heterocycles. The number of hydrogen-bond donors (Lipinski definition) is 4. The van der Waals surface area contributed by atoms with Gasteiger partial charge in [0.1, 0.15) is 0 Å². The molecule has 0 spiro atoms. The van der Waals surface area contributed by atoms with Crippen LogP contribution in [0.15, 0.2) is 9.98 Å². The molecule has 6 nitrogen and oxygen atoms in total. The van der Waals surface area contributed by atoms with Gasteiger partial charge in [0.15, 0.2) is 11.7 Å². The van der Waals surface area contributed by atoms with Crippen LogP contribution in [-0.4, -0.2) is 35.2 Å². The highest BCUT2D eigenvalue weighted by molar-refractivity contribution is 6.39. The van der Waals surface area contributed by atoms with E-state index >= 15 is 0 Å². The van der Waals surface area contributed by atoms with Gasteiger partial charge in [-0.25, -0.2) is 11.0 Å². The first-order valence-corrected chi connectivity index (χ1v) is 9.69. The largest absolute Gasteiger partial charge is 0.290 e. The third-order valence-corrected chi connectivity index (χ3v) is 4.00. The number of unbranched alkanes of at least 4 members (excludes halogenated alkanes) is 10. The van der Waals surface area contributed by atoms with Crippen LogP contribution < -0.4 is 11.0 Å². The third kappa shape index (κ3) is 13.3. The summed E-state index contributed by atoms with van der Waals surface area (Å²) in [5.74, 6) is 0.411. The van der Waals surface area contributed by atoms with E-state index in [0.717, 1.165) is 25.7 Å². The Morgan fingerprint density at radius 1 is 0.583 bits per heavy atom. The molecule has 0 rings (SSSR count). The van der Waals surface area contributed by atoms with Crippen molar-refractivity contribution < 1.29 is 10.4 Å². The van der Waals surface area contributed by atoms with Gasteiger partial charge in [-0.2, -0.15) is 0 Å². The van der Waals surface area contributed by atoms with Crippen LogP contribution in [0.4, 0.5) is 0 Å². The summed E-state index contributed by atoms with van der Waals surface area (Å²) in [6, 6.07) is 0. The number of amidine groups is 2. The van der Waals surface area contributed by atoms with Crippen LogP contribution in [-0.2, 0) is 0 Å². The summed E-state index contributed by atoms with van der Waals surface area (Å²) in [5, 5.41) is 18.4. The molecular weight excluding hydrogens is 304 g/mol. The van der Waals surface area contributed by atoms with Crippen molar-refractivity contribution in [2.24, 2.45) is 9.98 Å². The van der Waals surface area contributed by atoms with Gasteiger partial charge in [-0.15, -0.1) is 0 Å². The van der Waals surface area contributed by atoms with Crippen LogP contribution in [0.2, 0.25) is 0 Å². The summed E-state index contributed by atoms with van der Waals surface area (Å²) < 4.78 is 0. The van der Waals surface area contributed by atoms with Gasteiger partial charge >= 0.3 is 0 Å². The van der Waals surface area contributed by atoms with Crippen LogP contribution in [0.5, 0.6) is 0 Å². The maximum absolute atomic E-state index is 9.19. The molecule has 6 heteroatoms. The van der Waals surface area contributed by atoms with Crippen molar-refractivity contribution in [1.29, 1.82) is 0 Å². The molecule has 0 unspecified atom stereocenters. The molecule has 0 aromatic heterocycles. The summed E-state index contributed by atoms with van der Waals surface area (Å²) in [7, 11) is 0. The monoisotopic (exact) mass is 342 g/mol. The Labute approximate surface area is 147 Å². The average molecular weight is 343 g/mol. The molecule has 24 heavy (non-hydrogen) atoms. The summed E-state index contributed by atoms with van der Waals surface area (Å²) in [6.07, 6.45) is 14.3. The predicted molar refractivity (Wildman–Crippen MR) is 101 cm³/mol. The zero-order chi connectivity index (χ0) is 17.9. The zero-order valence-corrected chi connectivity index (χ0v) is 15.7. The molecule has 142 valence electrons. The lowest BCUT2D eigenvalue weighted by Crippen LogP contribution is -2.37. The molecule has 0 aromatic rings. The van der Waals surface area contributed by atoms with Gasteiger partial charge in [0.2, 0.25) is 0 Å². The van der Waals surface area contributed by atoms with E-state index in [1.807, 2.05) is 11.0 Å². The Morgan fingerprint density at radius 3 is 1.25 bits per heavy atom. The average Bonchev–Trinajstić information content (AvgIpc) is 2.61. The van der Waals surface area contributed by atoms with Gasteiger partial charge in [0.25, 0.3) is 0 Å². The van der Waals surface area contributed by atoms with Gasteiger partial charge in [0.05, 0.1) is 0 Å². The van der Waals surface area contributed by atoms with Crippen LogP contribution in [0.3, 0.4) is 0 Å². The number of nitrogens with one attached hydrogen (secondary N) is 2. The van der Waals surface area contributed by atoms with Crippen molar-refractivity contribution in [3.05, 3.63) is 0 Å². The quantitative estimate of drug-likeness (QED) is 0.162. The summed E-state index contributed by atoms with van der Waals surface area (Å²) in [5.41, 5.74) is 4.06. The van der Waals surface area contributed by atoms with Gasteiger partial charge in [-0.05, 0) is 12.8 Å². The van der Waals surface area contributed by atoms with E-state index in [2.05, 4.69) is 23.8 Å². The lowest BCUT2D eigenvalue weighted by Gasteiger charge is -2.08. The van der Waals surface area contributed by atoms with Crippen molar-refractivity contribution in [3.8, 4) is 0 Å². The van der Waals surface area contributed by atoms with Gasteiger partial charge in [-0.1, -0.05) is 78.1 Å². The fourth-order valence-corrected chi connectivity index (χ4v) is 2.49. The highest BCUT2D eigenvalue weighted by Crippen LogP contribution is 2.06. The lowest BCUT2D eigenvalue weighted by atomic mass is 10.1. The maximum Gasteiger partial charge on any atom is 0.190 e. The fourth-order valence-electron chi connectivity index (χ4n) is 2.49. The lowest BCUT2D eigenvalue weighted by molar-refractivity contribution is 0.223. The first-order valence-electron chi connectivity index (χ1n) is 9.69. The first-order chi connectivity index (χ1) is 11.8. The molecule has 0 aliphatic carbocycles. The molecular formula is C18H38N4O2. The number of rotatable bonds is 14. The second kappa shape index (κ2) is 18.2. The van der Waals surface area contributed by atoms with E-state index in [1.165, 1.54) is 51.4 Å². The predicted octanol–water partition coefficient (Wildman–Crippen LogP) is 4.46. The molecule has 0 aliphatic rings. The number of hydrogen-bond acceptors (Lipinski definition) is 4. The smallest absolute Gasteiger partial charge is 0.190 e. The molecule has 0 atom stereocenters. The molecule has 0 radical (unpaired) electrons. The van der Waals surface area contributed by atoms with Crippen LogP contribution in [0, 0.1) is 0 Å². The highest BCUT2D eigenvalue weighted by atomic mass is 16.5. The molecule has 0 saturated heterocycles. The van der Waals surface area contributed by atoms with E-state index in [-0.39, 0.29) is 11.7 Å². The summed E-state index contributed by atoms with van der Waals surface area (Å²) in [6.45, 7) is 5.65. The van der Waals surface area contributed by atoms with Crippen LogP contribution >= 0.6 is 0 Å². The fraction of sp³-hybridized carbons (Fsp3) is 0.889. The molecule has 0 aromatic carbocycles. The number of hydroxylamine groups is 2. The van der Waals surface area contributed by atoms with Crippen molar-refractivity contribution >= 4 is 11.7 Å². The Kier molecular flexibility index (Phi) is 17.3. The molecule has 4 N–H and O–H groups in total. The number of nitrogens with zero attached hydrogens (tertiary/aromatic N) is 2. The number of aliphatic imine (C=N–C) groups is 2. The molecule has 0 aliphatic heterocycles. The van der Waals surface area contributed by atoms with Crippen molar-refractivity contribution in [2.45, 2.75) is 90.9 Å². The molecule has 0 saturated carbocycles. The summed E-state index contributed by atoms with van der Waals surface area (Å²) >= 11 is 0. The minimum Gasteiger partial charge on any atom is -0.290 e. The normalized spacial score (nSPS) is 12.5. The minimum atomic E-state index is 0.206. The Balaban J connectivity index is 4.03. The first kappa shape index (κ1) is 22.9. The zero-order valence-electron chi connectivity index (χ0n) is 15.7. The van der Waals surface area contributed by atoms with E-state index < -0.39 is 0 Å². The van der Waals surface area contributed by atoms with Crippen molar-refractivity contribution in [3.63, 3.8) is 0 Å². The molecule has 0 bridgehead atoms. The van der Waals surface area contributed by atoms with Gasteiger partial charge < -0.3 is 0 Å². The van der Waals surface area contributed by atoms with Crippen LogP contribution in [0.25, 0.3) is 0 Å². The Hall–Kier alpha value is -1.14. The van der Waals surface area contributed by atoms with Crippen LogP contribution in [0.1, 0.15) is 90.9 Å². The van der Waals surface area contributed by atoms with Gasteiger partial charge in [0, 0.05) is 13.1 Å². The van der Waals surface area contributed by atoms with Gasteiger partial charge in [-0.3, -0.25) is 20.4 Å². The minimum absolute atomic E-state index is 0.206.